The summed E-state index contributed by atoms with van der Waals surface area (Å²) >= 11 is 0. The first-order valence-electron chi connectivity index (χ1n) is 10.8. The van der Waals surface area contributed by atoms with Gasteiger partial charge in [-0.3, -0.25) is 4.79 Å². The van der Waals surface area contributed by atoms with Gasteiger partial charge in [0.2, 0.25) is 0 Å². The average Bonchev–Trinajstić information content (AvgIpc) is 3.48. The van der Waals surface area contributed by atoms with Gasteiger partial charge < -0.3 is 10.2 Å². The molecule has 0 aromatic heterocycles. The summed E-state index contributed by atoms with van der Waals surface area (Å²) in [6.07, 6.45) is 12.4. The zero-order valence-electron chi connectivity index (χ0n) is 17.3. The molecule has 0 aliphatic heterocycles. The fraction of sp³-hybridized carbons (Fsp3) is 0.296. The first-order valence-corrected chi connectivity index (χ1v) is 10.8. The van der Waals surface area contributed by atoms with Crippen LogP contribution in [0.2, 0.25) is 0 Å². The Labute approximate surface area is 178 Å². The van der Waals surface area contributed by atoms with Crippen LogP contribution in [0, 0.1) is 11.8 Å². The number of aldehydes is 1. The van der Waals surface area contributed by atoms with Gasteiger partial charge in [-0.05, 0) is 71.6 Å². The van der Waals surface area contributed by atoms with Gasteiger partial charge >= 0.3 is 0 Å². The van der Waals surface area contributed by atoms with Gasteiger partial charge in [-0.15, -0.1) is 0 Å². The Morgan fingerprint density at radius 2 is 1.83 bits per heavy atom. The van der Waals surface area contributed by atoms with Crippen molar-refractivity contribution in [3.8, 4) is 11.5 Å². The van der Waals surface area contributed by atoms with E-state index in [2.05, 4.69) is 25.1 Å². The van der Waals surface area contributed by atoms with Crippen LogP contribution < -0.4 is 0 Å². The van der Waals surface area contributed by atoms with E-state index >= 15 is 0 Å². The molecule has 30 heavy (non-hydrogen) atoms. The summed E-state index contributed by atoms with van der Waals surface area (Å²) in [5, 5.41) is 21.6. The van der Waals surface area contributed by atoms with Crippen molar-refractivity contribution in [1.29, 1.82) is 0 Å². The predicted molar refractivity (Wildman–Crippen MR) is 120 cm³/mol. The first-order chi connectivity index (χ1) is 14.6. The summed E-state index contributed by atoms with van der Waals surface area (Å²) in [6.45, 7) is 2.12. The maximum absolute atomic E-state index is 11.2. The van der Waals surface area contributed by atoms with Gasteiger partial charge in [0.1, 0.15) is 17.8 Å². The summed E-state index contributed by atoms with van der Waals surface area (Å²) in [6, 6.07) is 13.8. The molecule has 2 aromatic rings. The molecule has 1 saturated carbocycles. The number of carbonyl (C=O) groups excluding carboxylic acids is 1. The van der Waals surface area contributed by atoms with Crippen molar-refractivity contribution in [3.63, 3.8) is 0 Å². The van der Waals surface area contributed by atoms with E-state index in [-0.39, 0.29) is 23.3 Å². The molecule has 0 radical (unpaired) electrons. The molecule has 3 nitrogen and oxygen atoms in total. The number of allylic oxidation sites excluding steroid dienone is 6. The first kappa shape index (κ1) is 20.2. The van der Waals surface area contributed by atoms with Crippen LogP contribution in [0.1, 0.15) is 48.8 Å². The van der Waals surface area contributed by atoms with Gasteiger partial charge in [0, 0.05) is 11.5 Å². The minimum Gasteiger partial charge on any atom is -0.507 e. The zero-order valence-corrected chi connectivity index (χ0v) is 17.3. The normalized spacial score (nSPS) is 24.0. The monoisotopic (exact) mass is 400 g/mol. The lowest BCUT2D eigenvalue weighted by molar-refractivity contribution is -0.104. The van der Waals surface area contributed by atoms with E-state index in [1.165, 1.54) is 5.56 Å². The molecule has 2 N–H and O–H groups in total. The number of hydrogen-bond donors (Lipinski definition) is 2. The molecule has 0 bridgehead atoms. The van der Waals surface area contributed by atoms with Gasteiger partial charge in [0.25, 0.3) is 0 Å². The van der Waals surface area contributed by atoms with Gasteiger partial charge in [0.15, 0.2) is 0 Å². The molecule has 0 saturated heterocycles. The van der Waals surface area contributed by atoms with Gasteiger partial charge in [-0.1, -0.05) is 61.9 Å². The molecule has 3 atom stereocenters. The Morgan fingerprint density at radius 3 is 2.50 bits per heavy atom. The smallest absolute Gasteiger partial charge is 0.143 e. The molecular formula is C27H28O3. The lowest BCUT2D eigenvalue weighted by Gasteiger charge is -2.23. The fourth-order valence-electron chi connectivity index (χ4n) is 4.70. The fourth-order valence-corrected chi connectivity index (χ4v) is 4.70. The SMILES string of the molecule is CCCC1C=CC=C(c2cc(O)c(C3CC3Cc3ccccc3)c(O)c2)C1=CC=O. The molecule has 0 heterocycles. The topological polar surface area (TPSA) is 57.5 Å². The van der Waals surface area contributed by atoms with Crippen LogP contribution in [0.3, 0.4) is 0 Å². The molecule has 3 unspecified atom stereocenters. The second-order valence-corrected chi connectivity index (χ2v) is 8.34. The van der Waals surface area contributed by atoms with Crippen molar-refractivity contribution < 1.29 is 15.0 Å². The molecule has 2 aromatic carbocycles. The highest BCUT2D eigenvalue weighted by Crippen LogP contribution is 2.55. The Morgan fingerprint density at radius 1 is 1.10 bits per heavy atom. The second kappa shape index (κ2) is 8.74. The number of phenols is 2. The zero-order chi connectivity index (χ0) is 21.1. The maximum atomic E-state index is 11.2. The summed E-state index contributed by atoms with van der Waals surface area (Å²) in [5.74, 6) is 1.06. The van der Waals surface area contributed by atoms with Crippen molar-refractivity contribution in [2.24, 2.45) is 11.8 Å². The summed E-state index contributed by atoms with van der Waals surface area (Å²) in [4.78, 5) is 11.2. The molecular weight excluding hydrogens is 372 g/mol. The van der Waals surface area contributed by atoms with Crippen LogP contribution in [-0.4, -0.2) is 16.5 Å². The Balaban J connectivity index is 1.59. The summed E-state index contributed by atoms with van der Waals surface area (Å²) < 4.78 is 0. The van der Waals surface area contributed by atoms with Crippen molar-refractivity contribution >= 4 is 11.9 Å². The van der Waals surface area contributed by atoms with Crippen molar-refractivity contribution in [3.05, 3.63) is 89.0 Å². The second-order valence-electron chi connectivity index (χ2n) is 8.34. The van der Waals surface area contributed by atoms with E-state index in [9.17, 15) is 15.0 Å². The Kier molecular flexibility index (Phi) is 5.89. The van der Waals surface area contributed by atoms with E-state index in [1.807, 2.05) is 30.4 Å². The van der Waals surface area contributed by atoms with Crippen LogP contribution in [0.4, 0.5) is 0 Å². The number of benzene rings is 2. The quantitative estimate of drug-likeness (QED) is 0.447. The largest absolute Gasteiger partial charge is 0.507 e. The van der Waals surface area contributed by atoms with E-state index < -0.39 is 0 Å². The molecule has 2 aliphatic rings. The van der Waals surface area contributed by atoms with E-state index in [4.69, 9.17) is 0 Å². The van der Waals surface area contributed by atoms with Crippen LogP contribution in [0.25, 0.3) is 5.57 Å². The maximum Gasteiger partial charge on any atom is 0.143 e. The number of carbonyl (C=O) groups is 1. The Bertz CT molecular complexity index is 991. The lowest BCUT2D eigenvalue weighted by atomic mass is 9.81. The van der Waals surface area contributed by atoms with E-state index in [0.717, 1.165) is 48.7 Å². The predicted octanol–water partition coefficient (Wildman–Crippen LogP) is 5.94. The van der Waals surface area contributed by atoms with Crippen LogP contribution in [0.15, 0.2) is 72.3 Å². The highest BCUT2D eigenvalue weighted by Gasteiger charge is 2.41. The summed E-state index contributed by atoms with van der Waals surface area (Å²) in [7, 11) is 0. The summed E-state index contributed by atoms with van der Waals surface area (Å²) in [5.41, 5.74) is 4.50. The molecule has 3 heteroatoms. The minimum atomic E-state index is 0.138. The van der Waals surface area contributed by atoms with Crippen LogP contribution in [0.5, 0.6) is 11.5 Å². The average molecular weight is 401 g/mol. The number of phenolic OH excluding ortho intramolecular Hbond substituents is 2. The van der Waals surface area contributed by atoms with Gasteiger partial charge in [-0.2, -0.15) is 0 Å². The Hall–Kier alpha value is -3.07. The minimum absolute atomic E-state index is 0.138. The third kappa shape index (κ3) is 4.11. The van der Waals surface area contributed by atoms with Crippen LogP contribution >= 0.6 is 0 Å². The third-order valence-electron chi connectivity index (χ3n) is 6.25. The highest BCUT2D eigenvalue weighted by molar-refractivity contribution is 5.87. The molecule has 1 fully saturated rings. The molecule has 2 aliphatic carbocycles. The van der Waals surface area contributed by atoms with Crippen molar-refractivity contribution in [2.75, 3.05) is 0 Å². The van der Waals surface area contributed by atoms with Crippen LogP contribution in [-0.2, 0) is 11.2 Å². The molecule has 0 amide bonds. The van der Waals surface area contributed by atoms with Crippen molar-refractivity contribution in [1.82, 2.24) is 0 Å². The molecule has 4 rings (SSSR count). The van der Waals surface area contributed by atoms with E-state index in [1.54, 1.807) is 18.2 Å². The molecule has 154 valence electrons. The third-order valence-corrected chi connectivity index (χ3v) is 6.25. The molecule has 0 spiro atoms. The van der Waals surface area contributed by atoms with E-state index in [0.29, 0.717) is 11.5 Å². The van der Waals surface area contributed by atoms with Crippen molar-refractivity contribution in [2.45, 2.75) is 38.5 Å². The standard InChI is InChI=1S/C27H28O3/c1-2-7-19-10-6-11-22(23(19)12-13-28)21-16-25(29)27(26(30)17-21)24-15-20(24)14-18-8-4-3-5-9-18/h3-6,8-13,16-17,19-20,24,29-30H,2,7,14-15H2,1H3. The lowest BCUT2D eigenvalue weighted by Crippen LogP contribution is -2.07. The van der Waals surface area contributed by atoms with Gasteiger partial charge in [-0.25, -0.2) is 0 Å². The number of hydrogen-bond acceptors (Lipinski definition) is 3. The number of rotatable bonds is 7. The highest BCUT2D eigenvalue weighted by atomic mass is 16.3. The van der Waals surface area contributed by atoms with Gasteiger partial charge in [0.05, 0.1) is 0 Å². The number of aromatic hydroxyl groups is 2.